The van der Waals surface area contributed by atoms with E-state index in [2.05, 4.69) is 31.0 Å². The maximum Gasteiger partial charge on any atom is 0.131 e. The number of likely N-dealkylation sites (tertiary alicyclic amines) is 1. The van der Waals surface area contributed by atoms with Crippen LogP contribution in [0, 0.1) is 0 Å². The molecule has 0 aliphatic carbocycles. The first-order chi connectivity index (χ1) is 9.33. The summed E-state index contributed by atoms with van der Waals surface area (Å²) in [4.78, 5) is 2.51. The number of benzene rings is 1. The molecule has 3 rings (SSSR count). The van der Waals surface area contributed by atoms with E-state index in [0.29, 0.717) is 0 Å². The molecule has 0 radical (unpaired) electrons. The number of hydrogen-bond donors (Lipinski definition) is 1. The van der Waals surface area contributed by atoms with E-state index in [0.717, 1.165) is 40.7 Å². The van der Waals surface area contributed by atoms with E-state index in [9.17, 15) is 0 Å². The van der Waals surface area contributed by atoms with Crippen molar-refractivity contribution in [2.75, 3.05) is 26.2 Å². The van der Waals surface area contributed by atoms with Crippen LogP contribution in [0.4, 0.5) is 0 Å². The van der Waals surface area contributed by atoms with E-state index in [1.54, 1.807) is 0 Å². The fourth-order valence-corrected chi connectivity index (χ4v) is 3.02. The summed E-state index contributed by atoms with van der Waals surface area (Å²) in [6, 6.07) is 4.02. The Morgan fingerprint density at radius 1 is 1.32 bits per heavy atom. The first-order valence-corrected chi connectivity index (χ1v) is 7.60. The summed E-state index contributed by atoms with van der Waals surface area (Å²) in [6.45, 7) is 4.40. The van der Waals surface area contributed by atoms with Crippen LogP contribution in [-0.2, 0) is 0 Å². The van der Waals surface area contributed by atoms with Gasteiger partial charge in [0.2, 0.25) is 0 Å². The van der Waals surface area contributed by atoms with Crippen molar-refractivity contribution in [3.8, 4) is 5.75 Å². The molecule has 5 heteroatoms. The van der Waals surface area contributed by atoms with Crippen molar-refractivity contribution in [1.82, 2.24) is 15.1 Å². The van der Waals surface area contributed by atoms with Crippen molar-refractivity contribution in [3.05, 3.63) is 22.8 Å². The highest BCUT2D eigenvalue weighted by atomic mass is 79.9. The van der Waals surface area contributed by atoms with Crippen molar-refractivity contribution >= 4 is 26.8 Å². The Bertz CT molecular complexity index is 549. The molecule has 0 amide bonds. The van der Waals surface area contributed by atoms with Crippen LogP contribution in [0.5, 0.6) is 5.75 Å². The monoisotopic (exact) mass is 323 g/mol. The minimum atomic E-state index is 0.757. The molecule has 0 unspecified atom stereocenters. The minimum Gasteiger partial charge on any atom is -0.493 e. The first-order valence-electron chi connectivity index (χ1n) is 6.81. The first kappa shape index (κ1) is 12.9. The molecule has 1 aliphatic rings. The van der Waals surface area contributed by atoms with Gasteiger partial charge in [-0.15, -0.1) is 0 Å². The highest BCUT2D eigenvalue weighted by molar-refractivity contribution is 9.10. The van der Waals surface area contributed by atoms with E-state index in [-0.39, 0.29) is 0 Å². The summed E-state index contributed by atoms with van der Waals surface area (Å²) in [7, 11) is 0. The van der Waals surface area contributed by atoms with Crippen LogP contribution < -0.4 is 4.74 Å². The highest BCUT2D eigenvalue weighted by Crippen LogP contribution is 2.28. The molecule has 1 aromatic carbocycles. The lowest BCUT2D eigenvalue weighted by Gasteiger charge is -2.14. The van der Waals surface area contributed by atoms with E-state index < -0.39 is 0 Å². The zero-order valence-corrected chi connectivity index (χ0v) is 12.4. The predicted molar refractivity (Wildman–Crippen MR) is 79.6 cm³/mol. The third-order valence-corrected chi connectivity index (χ3v) is 4.02. The molecule has 0 spiro atoms. The largest absolute Gasteiger partial charge is 0.493 e. The van der Waals surface area contributed by atoms with E-state index in [1.165, 1.54) is 25.9 Å². The van der Waals surface area contributed by atoms with Crippen molar-refractivity contribution in [2.45, 2.75) is 19.3 Å². The molecule has 1 saturated heterocycles. The molecular weight excluding hydrogens is 306 g/mol. The number of aromatic nitrogens is 2. The lowest BCUT2D eigenvalue weighted by atomic mass is 10.2. The van der Waals surface area contributed by atoms with Gasteiger partial charge in [-0.1, -0.05) is 15.9 Å². The number of rotatable bonds is 5. The average molecular weight is 324 g/mol. The number of nitrogens with one attached hydrogen (secondary N) is 1. The van der Waals surface area contributed by atoms with Crippen LogP contribution in [0.15, 0.2) is 22.8 Å². The number of hydrogen-bond acceptors (Lipinski definition) is 3. The summed E-state index contributed by atoms with van der Waals surface area (Å²) in [6.07, 6.45) is 5.59. The van der Waals surface area contributed by atoms with Crippen LogP contribution in [0.25, 0.3) is 10.9 Å². The zero-order chi connectivity index (χ0) is 13.1. The van der Waals surface area contributed by atoms with Gasteiger partial charge in [0.15, 0.2) is 0 Å². The van der Waals surface area contributed by atoms with Gasteiger partial charge in [0, 0.05) is 11.0 Å². The maximum atomic E-state index is 5.90. The van der Waals surface area contributed by atoms with Gasteiger partial charge in [0.25, 0.3) is 0 Å². The van der Waals surface area contributed by atoms with Gasteiger partial charge >= 0.3 is 0 Å². The van der Waals surface area contributed by atoms with Gasteiger partial charge < -0.3 is 9.64 Å². The van der Waals surface area contributed by atoms with E-state index in [1.807, 2.05) is 18.3 Å². The topological polar surface area (TPSA) is 41.1 Å². The molecule has 1 aromatic heterocycles. The fourth-order valence-electron chi connectivity index (χ4n) is 2.58. The Kier molecular flexibility index (Phi) is 4.03. The summed E-state index contributed by atoms with van der Waals surface area (Å²) >= 11 is 3.49. The van der Waals surface area contributed by atoms with E-state index >= 15 is 0 Å². The Hall–Kier alpha value is -1.07. The highest BCUT2D eigenvalue weighted by Gasteiger charge is 2.11. The van der Waals surface area contributed by atoms with Gasteiger partial charge in [0.1, 0.15) is 5.75 Å². The summed E-state index contributed by atoms with van der Waals surface area (Å²) in [5.41, 5.74) is 1.00. The van der Waals surface area contributed by atoms with Gasteiger partial charge in [0.05, 0.1) is 23.7 Å². The standard InChI is InChI=1S/C14H18BrN3O/c15-11-8-13-12(10-16-17-13)14(9-11)19-7-3-6-18-4-1-2-5-18/h8-10H,1-7H2,(H,16,17). The Balaban J connectivity index is 1.57. The molecule has 1 aliphatic heterocycles. The SMILES string of the molecule is Brc1cc(OCCCN2CCCC2)c2cn[nH]c2c1. The fraction of sp³-hybridized carbons (Fsp3) is 0.500. The molecule has 4 nitrogen and oxygen atoms in total. The predicted octanol–water partition coefficient (Wildman–Crippen LogP) is 3.19. The van der Waals surface area contributed by atoms with Crippen LogP contribution in [0.3, 0.4) is 0 Å². The number of aromatic amines is 1. The molecule has 0 saturated carbocycles. The second kappa shape index (κ2) is 5.92. The lowest BCUT2D eigenvalue weighted by molar-refractivity contribution is 0.265. The number of fused-ring (bicyclic) bond motifs is 1. The van der Waals surface area contributed by atoms with E-state index in [4.69, 9.17) is 4.74 Å². The minimum absolute atomic E-state index is 0.757. The molecule has 0 atom stereocenters. The van der Waals surface area contributed by atoms with Crippen LogP contribution in [0.1, 0.15) is 19.3 Å². The maximum absolute atomic E-state index is 5.90. The number of H-pyrrole nitrogens is 1. The third-order valence-electron chi connectivity index (χ3n) is 3.56. The Morgan fingerprint density at radius 3 is 3.00 bits per heavy atom. The Morgan fingerprint density at radius 2 is 2.16 bits per heavy atom. The van der Waals surface area contributed by atoms with Crippen molar-refractivity contribution in [1.29, 1.82) is 0 Å². The van der Waals surface area contributed by atoms with Gasteiger partial charge in [-0.2, -0.15) is 5.10 Å². The molecule has 19 heavy (non-hydrogen) atoms. The molecule has 102 valence electrons. The number of ether oxygens (including phenoxy) is 1. The summed E-state index contributed by atoms with van der Waals surface area (Å²) < 4.78 is 6.91. The second-order valence-electron chi connectivity index (χ2n) is 4.99. The van der Waals surface area contributed by atoms with Crippen LogP contribution in [-0.4, -0.2) is 41.3 Å². The molecule has 2 heterocycles. The van der Waals surface area contributed by atoms with Crippen molar-refractivity contribution in [2.24, 2.45) is 0 Å². The van der Waals surface area contributed by atoms with Crippen molar-refractivity contribution in [3.63, 3.8) is 0 Å². The molecular formula is C14H18BrN3O. The Labute approximate surface area is 121 Å². The van der Waals surface area contributed by atoms with Crippen LogP contribution >= 0.6 is 15.9 Å². The number of halogens is 1. The second-order valence-corrected chi connectivity index (χ2v) is 5.90. The molecule has 1 N–H and O–H groups in total. The van der Waals surface area contributed by atoms with Gasteiger partial charge in [-0.25, -0.2) is 0 Å². The molecule has 2 aromatic rings. The smallest absolute Gasteiger partial charge is 0.131 e. The normalized spacial score (nSPS) is 16.3. The average Bonchev–Trinajstić information content (AvgIpc) is 3.04. The lowest BCUT2D eigenvalue weighted by Crippen LogP contribution is -2.21. The van der Waals surface area contributed by atoms with Gasteiger partial charge in [-0.3, -0.25) is 5.10 Å². The summed E-state index contributed by atoms with van der Waals surface area (Å²) in [5.74, 6) is 0.902. The van der Waals surface area contributed by atoms with Crippen molar-refractivity contribution < 1.29 is 4.74 Å². The summed E-state index contributed by atoms with van der Waals surface area (Å²) in [5, 5.41) is 8.07. The quantitative estimate of drug-likeness (QED) is 0.859. The number of nitrogens with zero attached hydrogens (tertiary/aromatic N) is 2. The van der Waals surface area contributed by atoms with Crippen LogP contribution in [0.2, 0.25) is 0 Å². The molecule has 0 bridgehead atoms. The third kappa shape index (κ3) is 3.09. The van der Waals surface area contributed by atoms with Gasteiger partial charge in [-0.05, 0) is 44.5 Å². The molecule has 1 fully saturated rings. The zero-order valence-electron chi connectivity index (χ0n) is 10.9.